The molecule has 0 saturated heterocycles. The van der Waals surface area contributed by atoms with Crippen LogP contribution in [0.5, 0.6) is 5.75 Å². The van der Waals surface area contributed by atoms with E-state index in [0.29, 0.717) is 18.3 Å². The molecule has 1 rings (SSSR count). The molecule has 0 aliphatic carbocycles. The van der Waals surface area contributed by atoms with E-state index in [2.05, 4.69) is 13.8 Å². The lowest BCUT2D eigenvalue weighted by atomic mass is 10.1. The first-order valence-corrected chi connectivity index (χ1v) is 5.18. The van der Waals surface area contributed by atoms with E-state index in [9.17, 15) is 10.1 Å². The summed E-state index contributed by atoms with van der Waals surface area (Å²) in [7, 11) is 0. The van der Waals surface area contributed by atoms with Crippen molar-refractivity contribution >= 4 is 11.4 Å². The number of benzene rings is 1. The molecular formula is C11H16N2O3. The van der Waals surface area contributed by atoms with Gasteiger partial charge in [-0.15, -0.1) is 0 Å². The van der Waals surface area contributed by atoms with Crippen molar-refractivity contribution in [3.63, 3.8) is 0 Å². The number of hydrogen-bond acceptors (Lipinski definition) is 4. The van der Waals surface area contributed by atoms with Crippen molar-refractivity contribution in [1.29, 1.82) is 0 Å². The molecule has 0 radical (unpaired) electrons. The van der Waals surface area contributed by atoms with Crippen LogP contribution in [0.1, 0.15) is 20.3 Å². The highest BCUT2D eigenvalue weighted by Crippen LogP contribution is 2.30. The van der Waals surface area contributed by atoms with Crippen molar-refractivity contribution in [2.24, 2.45) is 5.92 Å². The molecule has 88 valence electrons. The minimum absolute atomic E-state index is 0.0938. The number of nitro groups is 1. The second-order valence-corrected chi connectivity index (χ2v) is 3.98. The topological polar surface area (TPSA) is 78.4 Å². The first-order chi connectivity index (χ1) is 7.52. The molecule has 0 heterocycles. The van der Waals surface area contributed by atoms with Gasteiger partial charge in [0.05, 0.1) is 11.5 Å². The lowest BCUT2D eigenvalue weighted by molar-refractivity contribution is -0.384. The average Bonchev–Trinajstić information content (AvgIpc) is 2.19. The van der Waals surface area contributed by atoms with Crippen molar-refractivity contribution in [2.75, 3.05) is 12.3 Å². The molecule has 0 spiro atoms. The number of para-hydroxylation sites is 1. The first-order valence-electron chi connectivity index (χ1n) is 5.18. The molecule has 0 unspecified atom stereocenters. The molecule has 0 amide bonds. The summed E-state index contributed by atoms with van der Waals surface area (Å²) in [5, 5.41) is 10.6. The van der Waals surface area contributed by atoms with Crippen LogP contribution >= 0.6 is 0 Å². The molecule has 0 atom stereocenters. The highest BCUT2D eigenvalue weighted by Gasteiger charge is 2.14. The molecule has 0 aliphatic rings. The Hall–Kier alpha value is -1.78. The molecular weight excluding hydrogens is 208 g/mol. The van der Waals surface area contributed by atoms with E-state index in [1.807, 2.05) is 0 Å². The van der Waals surface area contributed by atoms with Crippen LogP contribution in [0.4, 0.5) is 11.4 Å². The Kier molecular flexibility index (Phi) is 4.10. The quantitative estimate of drug-likeness (QED) is 0.473. The average molecular weight is 224 g/mol. The molecule has 0 saturated carbocycles. The van der Waals surface area contributed by atoms with E-state index in [-0.39, 0.29) is 11.4 Å². The predicted molar refractivity (Wildman–Crippen MR) is 62.5 cm³/mol. The molecule has 0 fully saturated rings. The summed E-state index contributed by atoms with van der Waals surface area (Å²) in [5.74, 6) is 0.912. The Morgan fingerprint density at radius 3 is 2.75 bits per heavy atom. The van der Waals surface area contributed by atoms with E-state index in [1.165, 1.54) is 6.07 Å². The van der Waals surface area contributed by atoms with Gasteiger partial charge in [-0.1, -0.05) is 19.9 Å². The summed E-state index contributed by atoms with van der Waals surface area (Å²) in [6.45, 7) is 4.68. The van der Waals surface area contributed by atoms with Crippen LogP contribution in [0.3, 0.4) is 0 Å². The van der Waals surface area contributed by atoms with Crippen molar-refractivity contribution in [2.45, 2.75) is 20.3 Å². The van der Waals surface area contributed by atoms with Gasteiger partial charge >= 0.3 is 0 Å². The van der Waals surface area contributed by atoms with Crippen LogP contribution in [0.2, 0.25) is 0 Å². The third-order valence-electron chi connectivity index (χ3n) is 2.19. The molecule has 2 N–H and O–H groups in total. The van der Waals surface area contributed by atoms with Gasteiger partial charge in [-0.25, -0.2) is 0 Å². The van der Waals surface area contributed by atoms with Crippen LogP contribution in [0.25, 0.3) is 0 Å². The Labute approximate surface area is 94.4 Å². The van der Waals surface area contributed by atoms with Gasteiger partial charge in [-0.3, -0.25) is 10.1 Å². The zero-order valence-corrected chi connectivity index (χ0v) is 9.47. The second kappa shape index (κ2) is 5.34. The maximum absolute atomic E-state index is 10.6. The summed E-state index contributed by atoms with van der Waals surface area (Å²) >= 11 is 0. The smallest absolute Gasteiger partial charge is 0.295 e. The van der Waals surface area contributed by atoms with Crippen LogP contribution in [0.15, 0.2) is 18.2 Å². The number of ether oxygens (including phenoxy) is 1. The molecule has 5 nitrogen and oxygen atoms in total. The number of nitro benzene ring substituents is 1. The van der Waals surface area contributed by atoms with E-state index in [0.717, 1.165) is 6.42 Å². The highest BCUT2D eigenvalue weighted by atomic mass is 16.6. The molecule has 0 bridgehead atoms. The number of nitrogens with zero attached hydrogens (tertiary/aromatic N) is 1. The van der Waals surface area contributed by atoms with Gasteiger partial charge in [0, 0.05) is 6.07 Å². The molecule has 0 aliphatic heterocycles. The Bertz CT molecular complexity index is 377. The summed E-state index contributed by atoms with van der Waals surface area (Å²) in [6, 6.07) is 4.58. The van der Waals surface area contributed by atoms with E-state index in [4.69, 9.17) is 10.5 Å². The number of rotatable bonds is 5. The van der Waals surface area contributed by atoms with Gasteiger partial charge in [-0.05, 0) is 18.4 Å². The summed E-state index contributed by atoms with van der Waals surface area (Å²) in [6.07, 6.45) is 0.891. The van der Waals surface area contributed by atoms with Crippen molar-refractivity contribution in [3.05, 3.63) is 28.3 Å². The minimum Gasteiger partial charge on any atom is -0.491 e. The van der Waals surface area contributed by atoms with E-state index >= 15 is 0 Å². The molecule has 1 aromatic carbocycles. The maximum atomic E-state index is 10.6. The first kappa shape index (κ1) is 12.3. The zero-order chi connectivity index (χ0) is 12.1. The van der Waals surface area contributed by atoms with Crippen LogP contribution in [-0.4, -0.2) is 11.5 Å². The lowest BCUT2D eigenvalue weighted by Crippen LogP contribution is -2.04. The number of nitrogen functional groups attached to an aromatic ring is 1. The number of hydrogen-bond donors (Lipinski definition) is 1. The van der Waals surface area contributed by atoms with Crippen LogP contribution in [0, 0.1) is 16.0 Å². The largest absolute Gasteiger partial charge is 0.491 e. The zero-order valence-electron chi connectivity index (χ0n) is 9.47. The molecule has 16 heavy (non-hydrogen) atoms. The SMILES string of the molecule is CC(C)CCOc1cccc([N+](=O)[O-])c1N. The Morgan fingerprint density at radius 2 is 2.19 bits per heavy atom. The second-order valence-electron chi connectivity index (χ2n) is 3.98. The van der Waals surface area contributed by atoms with E-state index < -0.39 is 4.92 Å². The van der Waals surface area contributed by atoms with Gasteiger partial charge < -0.3 is 10.5 Å². The third-order valence-corrected chi connectivity index (χ3v) is 2.19. The van der Waals surface area contributed by atoms with Crippen LogP contribution < -0.4 is 10.5 Å². The van der Waals surface area contributed by atoms with E-state index in [1.54, 1.807) is 12.1 Å². The Balaban J connectivity index is 2.73. The molecule has 1 aromatic rings. The van der Waals surface area contributed by atoms with Crippen molar-refractivity contribution in [1.82, 2.24) is 0 Å². The predicted octanol–water partition coefficient (Wildman–Crippen LogP) is 2.60. The minimum atomic E-state index is -0.509. The molecule has 0 aromatic heterocycles. The summed E-state index contributed by atoms with van der Waals surface area (Å²) < 4.78 is 5.41. The third kappa shape index (κ3) is 3.12. The fraction of sp³-hybridized carbons (Fsp3) is 0.455. The van der Waals surface area contributed by atoms with Gasteiger partial charge in [-0.2, -0.15) is 0 Å². The van der Waals surface area contributed by atoms with Crippen molar-refractivity contribution < 1.29 is 9.66 Å². The Morgan fingerprint density at radius 1 is 1.50 bits per heavy atom. The maximum Gasteiger partial charge on any atom is 0.295 e. The molecule has 5 heteroatoms. The van der Waals surface area contributed by atoms with Gasteiger partial charge in [0.25, 0.3) is 5.69 Å². The normalized spacial score (nSPS) is 10.4. The fourth-order valence-corrected chi connectivity index (χ4v) is 1.22. The highest BCUT2D eigenvalue weighted by molar-refractivity contribution is 5.66. The fourth-order valence-electron chi connectivity index (χ4n) is 1.22. The van der Waals surface area contributed by atoms with Crippen molar-refractivity contribution in [3.8, 4) is 5.75 Å². The van der Waals surface area contributed by atoms with Gasteiger partial charge in [0.15, 0.2) is 5.69 Å². The number of nitrogens with two attached hydrogens (primary N) is 1. The van der Waals surface area contributed by atoms with Gasteiger partial charge in [0.1, 0.15) is 5.75 Å². The lowest BCUT2D eigenvalue weighted by Gasteiger charge is -2.09. The van der Waals surface area contributed by atoms with Crippen LogP contribution in [-0.2, 0) is 0 Å². The number of anilines is 1. The summed E-state index contributed by atoms with van der Waals surface area (Å²) in [5.41, 5.74) is 5.62. The summed E-state index contributed by atoms with van der Waals surface area (Å²) in [4.78, 5) is 10.1. The monoisotopic (exact) mass is 224 g/mol. The standard InChI is InChI=1S/C11H16N2O3/c1-8(2)6-7-16-10-5-3-4-9(11(10)12)13(14)15/h3-5,8H,6-7,12H2,1-2H3. The van der Waals surface area contributed by atoms with Gasteiger partial charge in [0.2, 0.25) is 0 Å².